The first-order valence-corrected chi connectivity index (χ1v) is 12.4. The Morgan fingerprint density at radius 3 is 2.58 bits per heavy atom. The summed E-state index contributed by atoms with van der Waals surface area (Å²) >= 11 is 0. The molecule has 0 bridgehead atoms. The van der Waals surface area contributed by atoms with Crippen LogP contribution in [-0.4, -0.2) is 62.2 Å². The van der Waals surface area contributed by atoms with E-state index < -0.39 is 6.10 Å². The molecule has 0 aliphatic carbocycles. The summed E-state index contributed by atoms with van der Waals surface area (Å²) in [4.78, 5) is 0. The predicted octanol–water partition coefficient (Wildman–Crippen LogP) is 4.64. The number of hydrogen-bond acceptors (Lipinski definition) is 6. The van der Waals surface area contributed by atoms with Crippen molar-refractivity contribution in [2.45, 2.75) is 95.3 Å². The molecule has 186 valence electrons. The summed E-state index contributed by atoms with van der Waals surface area (Å²) in [5.41, 5.74) is 1.18. The lowest BCUT2D eigenvalue weighted by Gasteiger charge is -2.37. The smallest absolute Gasteiger partial charge is 0.157 e. The molecular formula is C27H42O6. The van der Waals surface area contributed by atoms with Crippen LogP contribution in [0, 0.1) is 5.92 Å². The Hall–Kier alpha value is -1.28. The fraction of sp³-hybridized carbons (Fsp3) is 0.704. The number of aliphatic hydroxyl groups excluding tert-OH is 1. The van der Waals surface area contributed by atoms with Crippen LogP contribution in [0.1, 0.15) is 57.4 Å². The molecule has 1 aromatic rings. The van der Waals surface area contributed by atoms with E-state index in [1.807, 2.05) is 24.3 Å². The van der Waals surface area contributed by atoms with Crippen molar-refractivity contribution in [3.63, 3.8) is 0 Å². The Morgan fingerprint density at radius 2 is 1.88 bits per heavy atom. The number of ether oxygens (including phenoxy) is 5. The minimum atomic E-state index is -0.436. The van der Waals surface area contributed by atoms with E-state index in [1.54, 1.807) is 7.11 Å². The van der Waals surface area contributed by atoms with Crippen molar-refractivity contribution in [3.8, 4) is 0 Å². The molecule has 0 unspecified atom stereocenters. The van der Waals surface area contributed by atoms with Gasteiger partial charge in [0.2, 0.25) is 0 Å². The summed E-state index contributed by atoms with van der Waals surface area (Å²) in [7, 11) is 1.72. The number of aliphatic hydroxyl groups is 1. The average molecular weight is 463 g/mol. The molecule has 3 rings (SSSR count). The van der Waals surface area contributed by atoms with Crippen LogP contribution in [0.2, 0.25) is 0 Å². The maximum Gasteiger partial charge on any atom is 0.157 e. The highest BCUT2D eigenvalue weighted by Gasteiger charge is 2.32. The second kappa shape index (κ2) is 14.2. The van der Waals surface area contributed by atoms with E-state index in [2.05, 4.69) is 25.6 Å². The molecule has 6 heteroatoms. The van der Waals surface area contributed by atoms with Crippen molar-refractivity contribution >= 4 is 0 Å². The zero-order valence-electron chi connectivity index (χ0n) is 20.3. The first-order valence-electron chi connectivity index (χ1n) is 12.4. The molecule has 6 nitrogen and oxygen atoms in total. The molecule has 2 aliphatic rings. The molecular weight excluding hydrogens is 420 g/mol. The van der Waals surface area contributed by atoms with Gasteiger partial charge in [-0.1, -0.05) is 43.3 Å². The Bertz CT molecular complexity index is 662. The van der Waals surface area contributed by atoms with Crippen LogP contribution in [0.15, 0.2) is 43.0 Å². The van der Waals surface area contributed by atoms with E-state index in [-0.39, 0.29) is 36.6 Å². The highest BCUT2D eigenvalue weighted by Crippen LogP contribution is 2.29. The van der Waals surface area contributed by atoms with E-state index in [4.69, 9.17) is 23.7 Å². The molecule has 1 aromatic carbocycles. The van der Waals surface area contributed by atoms with Gasteiger partial charge in [0.15, 0.2) is 6.29 Å². The number of hydrogen-bond donors (Lipinski definition) is 1. The third kappa shape index (κ3) is 9.12. The highest BCUT2D eigenvalue weighted by atomic mass is 16.7. The van der Waals surface area contributed by atoms with Gasteiger partial charge in [0.05, 0.1) is 50.3 Å². The Kier molecular flexibility index (Phi) is 11.3. The highest BCUT2D eigenvalue weighted by molar-refractivity contribution is 5.13. The lowest BCUT2D eigenvalue weighted by Crippen LogP contribution is -2.39. The van der Waals surface area contributed by atoms with Crippen LogP contribution < -0.4 is 0 Å². The van der Waals surface area contributed by atoms with Gasteiger partial charge in [0.1, 0.15) is 0 Å². The molecule has 33 heavy (non-hydrogen) atoms. The van der Waals surface area contributed by atoms with Crippen molar-refractivity contribution in [1.82, 2.24) is 0 Å². The maximum absolute atomic E-state index is 10.8. The van der Waals surface area contributed by atoms with Crippen molar-refractivity contribution in [2.24, 2.45) is 5.92 Å². The number of rotatable bonds is 14. The molecule has 6 atom stereocenters. The Morgan fingerprint density at radius 1 is 1.15 bits per heavy atom. The third-order valence-electron chi connectivity index (χ3n) is 6.76. The van der Waals surface area contributed by atoms with Crippen LogP contribution in [0.3, 0.4) is 0 Å². The Balaban J connectivity index is 1.47. The van der Waals surface area contributed by atoms with Crippen LogP contribution >= 0.6 is 0 Å². The SMILES string of the molecule is C=CC[C@H]1C[C@@H](OCc2ccccc2)C[C@@H](C[C@@H](C[C@@H](O)[C@@H](C)CCC2OCCO2)OC)O1. The monoisotopic (exact) mass is 462 g/mol. The summed E-state index contributed by atoms with van der Waals surface area (Å²) in [5.74, 6) is 0.151. The first kappa shape index (κ1) is 26.3. The summed E-state index contributed by atoms with van der Waals surface area (Å²) in [5, 5.41) is 10.8. The van der Waals surface area contributed by atoms with Gasteiger partial charge in [-0.2, -0.15) is 0 Å². The summed E-state index contributed by atoms with van der Waals surface area (Å²) in [6.45, 7) is 7.90. The van der Waals surface area contributed by atoms with Crippen molar-refractivity contribution in [3.05, 3.63) is 48.6 Å². The van der Waals surface area contributed by atoms with Crippen LogP contribution in [0.5, 0.6) is 0 Å². The van der Waals surface area contributed by atoms with Crippen molar-refractivity contribution in [2.75, 3.05) is 20.3 Å². The van der Waals surface area contributed by atoms with Gasteiger partial charge in [-0.3, -0.25) is 0 Å². The van der Waals surface area contributed by atoms with Crippen LogP contribution in [0.25, 0.3) is 0 Å². The quantitative estimate of drug-likeness (QED) is 0.406. The predicted molar refractivity (Wildman–Crippen MR) is 128 cm³/mol. The van der Waals surface area contributed by atoms with E-state index in [0.29, 0.717) is 26.2 Å². The van der Waals surface area contributed by atoms with E-state index in [0.717, 1.165) is 38.5 Å². The van der Waals surface area contributed by atoms with Gasteiger partial charge in [-0.25, -0.2) is 0 Å². The van der Waals surface area contributed by atoms with Gasteiger partial charge in [0, 0.05) is 13.5 Å². The average Bonchev–Trinajstić information content (AvgIpc) is 3.35. The molecule has 2 heterocycles. The first-order chi connectivity index (χ1) is 16.1. The zero-order valence-corrected chi connectivity index (χ0v) is 20.3. The molecule has 0 amide bonds. The van der Waals surface area contributed by atoms with Crippen molar-refractivity contribution in [1.29, 1.82) is 0 Å². The van der Waals surface area contributed by atoms with Gasteiger partial charge in [0.25, 0.3) is 0 Å². The summed E-state index contributed by atoms with van der Waals surface area (Å²) in [6.07, 6.45) is 7.10. The molecule has 1 N–H and O–H groups in total. The summed E-state index contributed by atoms with van der Waals surface area (Å²) in [6, 6.07) is 10.3. The lowest BCUT2D eigenvalue weighted by molar-refractivity contribution is -0.131. The number of benzene rings is 1. The minimum absolute atomic E-state index is 0.0391. The third-order valence-corrected chi connectivity index (χ3v) is 6.76. The van der Waals surface area contributed by atoms with Gasteiger partial charge < -0.3 is 28.8 Å². The minimum Gasteiger partial charge on any atom is -0.393 e. The molecule has 2 fully saturated rings. The van der Waals surface area contributed by atoms with Gasteiger partial charge >= 0.3 is 0 Å². The second-order valence-corrected chi connectivity index (χ2v) is 9.42. The normalized spacial score (nSPS) is 26.7. The standard InChI is InChI=1S/C27H42O6/c1-4-8-22-15-24(32-19-21-9-6-5-7-10-21)17-25(33-22)16-23(29-3)18-26(28)20(2)11-12-27-30-13-14-31-27/h4-7,9-10,20,22-28H,1,8,11-19H2,2-3H3/t20-,22-,23-,24+,25+,26+/m0/s1. The van der Waals surface area contributed by atoms with E-state index in [1.165, 1.54) is 5.56 Å². The molecule has 0 aromatic heterocycles. The fourth-order valence-corrected chi connectivity index (χ4v) is 4.73. The van der Waals surface area contributed by atoms with Crippen molar-refractivity contribution < 1.29 is 28.8 Å². The molecule has 2 saturated heterocycles. The molecule has 0 spiro atoms. The summed E-state index contributed by atoms with van der Waals surface area (Å²) < 4.78 is 29.4. The molecule has 2 aliphatic heterocycles. The second-order valence-electron chi connectivity index (χ2n) is 9.42. The maximum atomic E-state index is 10.8. The van der Waals surface area contributed by atoms with E-state index >= 15 is 0 Å². The topological polar surface area (TPSA) is 66.4 Å². The van der Waals surface area contributed by atoms with Gasteiger partial charge in [-0.15, -0.1) is 6.58 Å². The van der Waals surface area contributed by atoms with Crippen LogP contribution in [-0.2, 0) is 30.3 Å². The Labute approximate surface area is 199 Å². The largest absolute Gasteiger partial charge is 0.393 e. The number of methoxy groups -OCH3 is 1. The zero-order chi connectivity index (χ0) is 23.5. The van der Waals surface area contributed by atoms with Crippen LogP contribution in [0.4, 0.5) is 0 Å². The molecule has 0 radical (unpaired) electrons. The lowest BCUT2D eigenvalue weighted by atomic mass is 9.90. The van der Waals surface area contributed by atoms with Gasteiger partial charge in [-0.05, 0) is 50.0 Å². The van der Waals surface area contributed by atoms with E-state index in [9.17, 15) is 5.11 Å². The molecule has 0 saturated carbocycles. The fourth-order valence-electron chi connectivity index (χ4n) is 4.73.